The predicted octanol–water partition coefficient (Wildman–Crippen LogP) is 2.06. The summed E-state index contributed by atoms with van der Waals surface area (Å²) in [4.78, 5) is 11.5. The van der Waals surface area contributed by atoms with Crippen LogP contribution in [0.2, 0.25) is 0 Å². The first-order valence-corrected chi connectivity index (χ1v) is 6.63. The molecule has 3 N–H and O–H groups in total. The van der Waals surface area contributed by atoms with Crippen LogP contribution in [-0.4, -0.2) is 29.8 Å². The molecule has 18 heavy (non-hydrogen) atoms. The minimum absolute atomic E-state index is 0.0901. The summed E-state index contributed by atoms with van der Waals surface area (Å²) in [7, 11) is 0. The molecule has 1 aromatic rings. The molecule has 0 radical (unpaired) electrons. The molecular weight excluding hydrogens is 296 g/mol. The smallest absolute Gasteiger partial charge is 0.315 e. The fourth-order valence-corrected chi connectivity index (χ4v) is 1.63. The van der Waals surface area contributed by atoms with Crippen LogP contribution in [0.5, 0.6) is 0 Å². The number of benzene rings is 1. The SMILES string of the molecule is CC(C)(CO)NC(=O)NCCc1ccc(Br)cc1. The van der Waals surface area contributed by atoms with Crippen LogP contribution in [0.3, 0.4) is 0 Å². The monoisotopic (exact) mass is 314 g/mol. The highest BCUT2D eigenvalue weighted by atomic mass is 79.9. The number of halogens is 1. The number of nitrogens with one attached hydrogen (secondary N) is 2. The standard InChI is InChI=1S/C13H19BrN2O2/c1-13(2,9-17)16-12(18)15-8-7-10-3-5-11(14)6-4-10/h3-6,17H,7-9H2,1-2H3,(H2,15,16,18). The third kappa shape index (κ3) is 5.51. The van der Waals surface area contributed by atoms with Crippen molar-refractivity contribution in [1.29, 1.82) is 0 Å². The maximum absolute atomic E-state index is 11.5. The van der Waals surface area contributed by atoms with Crippen LogP contribution in [0.25, 0.3) is 0 Å². The highest BCUT2D eigenvalue weighted by Gasteiger charge is 2.18. The molecule has 0 fully saturated rings. The topological polar surface area (TPSA) is 61.4 Å². The van der Waals surface area contributed by atoms with E-state index in [1.165, 1.54) is 5.56 Å². The lowest BCUT2D eigenvalue weighted by molar-refractivity contribution is 0.182. The molecule has 1 aromatic carbocycles. The molecule has 0 bridgehead atoms. The Morgan fingerprint density at radius 1 is 1.33 bits per heavy atom. The van der Waals surface area contributed by atoms with E-state index in [1.807, 2.05) is 24.3 Å². The second-order valence-electron chi connectivity index (χ2n) is 4.80. The summed E-state index contributed by atoms with van der Waals surface area (Å²) < 4.78 is 1.04. The van der Waals surface area contributed by atoms with Crippen molar-refractivity contribution in [3.63, 3.8) is 0 Å². The zero-order valence-corrected chi connectivity index (χ0v) is 12.3. The van der Waals surface area contributed by atoms with Gasteiger partial charge in [-0.3, -0.25) is 0 Å². The molecule has 4 nitrogen and oxygen atoms in total. The summed E-state index contributed by atoms with van der Waals surface area (Å²) in [5.41, 5.74) is 0.571. The van der Waals surface area contributed by atoms with Gasteiger partial charge in [0.2, 0.25) is 0 Å². The first-order valence-electron chi connectivity index (χ1n) is 5.84. The van der Waals surface area contributed by atoms with Crippen molar-refractivity contribution in [1.82, 2.24) is 10.6 Å². The van der Waals surface area contributed by atoms with Gasteiger partial charge in [-0.15, -0.1) is 0 Å². The van der Waals surface area contributed by atoms with Gasteiger partial charge in [-0.1, -0.05) is 28.1 Å². The number of hydrogen-bond donors (Lipinski definition) is 3. The van der Waals surface area contributed by atoms with Gasteiger partial charge >= 0.3 is 6.03 Å². The third-order valence-electron chi connectivity index (χ3n) is 2.46. The lowest BCUT2D eigenvalue weighted by Gasteiger charge is -2.23. The van der Waals surface area contributed by atoms with Crippen molar-refractivity contribution >= 4 is 22.0 Å². The highest BCUT2D eigenvalue weighted by Crippen LogP contribution is 2.10. The number of hydrogen-bond acceptors (Lipinski definition) is 2. The normalized spacial score (nSPS) is 11.1. The Kier molecular flexibility index (Phi) is 5.62. The lowest BCUT2D eigenvalue weighted by Crippen LogP contribution is -2.50. The van der Waals surface area contributed by atoms with Gasteiger partial charge in [0.25, 0.3) is 0 Å². The van der Waals surface area contributed by atoms with Crippen LogP contribution in [0.1, 0.15) is 19.4 Å². The maximum Gasteiger partial charge on any atom is 0.315 e. The number of aliphatic hydroxyl groups is 1. The van der Waals surface area contributed by atoms with E-state index >= 15 is 0 Å². The number of carbonyl (C=O) groups is 1. The zero-order valence-electron chi connectivity index (χ0n) is 10.7. The molecule has 5 heteroatoms. The van der Waals surface area contributed by atoms with Crippen LogP contribution < -0.4 is 10.6 Å². The fraction of sp³-hybridized carbons (Fsp3) is 0.462. The summed E-state index contributed by atoms with van der Waals surface area (Å²) in [5.74, 6) is 0. The number of urea groups is 1. The molecular formula is C13H19BrN2O2. The van der Waals surface area contributed by atoms with Gasteiger partial charge < -0.3 is 15.7 Å². The molecule has 0 aliphatic heterocycles. The van der Waals surface area contributed by atoms with E-state index in [0.717, 1.165) is 10.9 Å². The summed E-state index contributed by atoms with van der Waals surface area (Å²) in [6.45, 7) is 4.00. The molecule has 0 saturated heterocycles. The first kappa shape index (κ1) is 15.0. The van der Waals surface area contributed by atoms with Crippen molar-refractivity contribution in [3.05, 3.63) is 34.3 Å². The Bertz CT molecular complexity index is 390. The number of aliphatic hydroxyl groups excluding tert-OH is 1. The van der Waals surface area contributed by atoms with E-state index in [1.54, 1.807) is 13.8 Å². The van der Waals surface area contributed by atoms with E-state index in [2.05, 4.69) is 26.6 Å². The van der Waals surface area contributed by atoms with E-state index in [-0.39, 0.29) is 12.6 Å². The Morgan fingerprint density at radius 3 is 2.50 bits per heavy atom. The quantitative estimate of drug-likeness (QED) is 0.779. The molecule has 0 unspecified atom stereocenters. The van der Waals surface area contributed by atoms with Gasteiger partial charge in [-0.2, -0.15) is 0 Å². The highest BCUT2D eigenvalue weighted by molar-refractivity contribution is 9.10. The van der Waals surface area contributed by atoms with Crippen molar-refractivity contribution in [3.8, 4) is 0 Å². The number of carbonyl (C=O) groups excluding carboxylic acids is 1. The van der Waals surface area contributed by atoms with Gasteiger partial charge in [0.15, 0.2) is 0 Å². The number of amides is 2. The van der Waals surface area contributed by atoms with Gasteiger partial charge in [-0.05, 0) is 38.0 Å². The average Bonchev–Trinajstić information content (AvgIpc) is 2.31. The molecule has 0 aliphatic carbocycles. The van der Waals surface area contributed by atoms with Crippen molar-refractivity contribution in [2.75, 3.05) is 13.2 Å². The van der Waals surface area contributed by atoms with Crippen LogP contribution >= 0.6 is 15.9 Å². The molecule has 2 amide bonds. The lowest BCUT2D eigenvalue weighted by atomic mass is 10.1. The van der Waals surface area contributed by atoms with Crippen LogP contribution in [0, 0.1) is 0 Å². The van der Waals surface area contributed by atoms with Crippen LogP contribution in [-0.2, 0) is 6.42 Å². The van der Waals surface area contributed by atoms with Gasteiger partial charge in [-0.25, -0.2) is 4.79 Å². The summed E-state index contributed by atoms with van der Waals surface area (Å²) in [6.07, 6.45) is 0.778. The van der Waals surface area contributed by atoms with Gasteiger partial charge in [0.1, 0.15) is 0 Å². The van der Waals surface area contributed by atoms with Crippen molar-refractivity contribution in [2.24, 2.45) is 0 Å². The van der Waals surface area contributed by atoms with E-state index < -0.39 is 5.54 Å². The molecule has 0 saturated carbocycles. The average molecular weight is 315 g/mol. The summed E-state index contributed by atoms with van der Waals surface area (Å²) in [6, 6.07) is 7.73. The molecule has 0 heterocycles. The van der Waals surface area contributed by atoms with E-state index in [4.69, 9.17) is 5.11 Å². The van der Waals surface area contributed by atoms with Gasteiger partial charge in [0, 0.05) is 11.0 Å². The van der Waals surface area contributed by atoms with E-state index in [9.17, 15) is 4.79 Å². The van der Waals surface area contributed by atoms with Crippen molar-refractivity contribution < 1.29 is 9.90 Å². The van der Waals surface area contributed by atoms with Crippen LogP contribution in [0.15, 0.2) is 28.7 Å². The minimum Gasteiger partial charge on any atom is -0.394 e. The second-order valence-corrected chi connectivity index (χ2v) is 5.72. The molecule has 0 aliphatic rings. The third-order valence-corrected chi connectivity index (χ3v) is 2.99. The number of rotatable bonds is 5. The molecule has 0 aromatic heterocycles. The largest absolute Gasteiger partial charge is 0.394 e. The molecule has 0 spiro atoms. The Labute approximate surface area is 116 Å². The van der Waals surface area contributed by atoms with Crippen LogP contribution in [0.4, 0.5) is 4.79 Å². The second kappa shape index (κ2) is 6.75. The first-order chi connectivity index (χ1) is 8.43. The Hall–Kier alpha value is -1.07. The molecule has 1 rings (SSSR count). The maximum atomic E-state index is 11.5. The fourth-order valence-electron chi connectivity index (χ4n) is 1.36. The van der Waals surface area contributed by atoms with E-state index in [0.29, 0.717) is 6.54 Å². The predicted molar refractivity (Wildman–Crippen MR) is 75.5 cm³/mol. The Balaban J connectivity index is 2.29. The summed E-state index contributed by atoms with van der Waals surface area (Å²) in [5, 5.41) is 14.5. The van der Waals surface area contributed by atoms with Gasteiger partial charge in [0.05, 0.1) is 12.1 Å². The molecule has 100 valence electrons. The summed E-state index contributed by atoms with van der Waals surface area (Å²) >= 11 is 3.37. The van der Waals surface area contributed by atoms with Crippen molar-refractivity contribution in [2.45, 2.75) is 25.8 Å². The Morgan fingerprint density at radius 2 is 1.94 bits per heavy atom. The minimum atomic E-state index is -0.596. The molecule has 0 atom stereocenters. The zero-order chi connectivity index (χ0) is 13.6.